The van der Waals surface area contributed by atoms with E-state index in [4.69, 9.17) is 37.4 Å². The normalized spacial score (nSPS) is 10.2. The summed E-state index contributed by atoms with van der Waals surface area (Å²) in [5.74, 6) is 2.88. The second kappa shape index (κ2) is 6.73. The van der Waals surface area contributed by atoms with Gasteiger partial charge in [-0.1, -0.05) is 11.6 Å². The lowest BCUT2D eigenvalue weighted by atomic mass is 10.2. The van der Waals surface area contributed by atoms with Crippen molar-refractivity contribution in [2.45, 2.75) is 5.88 Å². The highest BCUT2D eigenvalue weighted by molar-refractivity contribution is 6.30. The third-order valence-corrected chi connectivity index (χ3v) is 3.24. The fourth-order valence-corrected chi connectivity index (χ4v) is 2.12. The van der Waals surface area contributed by atoms with E-state index in [1.54, 1.807) is 50.6 Å². The molecule has 0 aromatic heterocycles. The van der Waals surface area contributed by atoms with Crippen LogP contribution in [0.25, 0.3) is 0 Å². The molecule has 3 nitrogen and oxygen atoms in total. The zero-order chi connectivity index (χ0) is 14.5. The Kier molecular flexibility index (Phi) is 4.99. The average molecular weight is 313 g/mol. The Morgan fingerprint density at radius 2 is 1.50 bits per heavy atom. The lowest BCUT2D eigenvalue weighted by molar-refractivity contribution is 0.386. The van der Waals surface area contributed by atoms with Gasteiger partial charge in [-0.25, -0.2) is 0 Å². The second-order valence-corrected chi connectivity index (χ2v) is 4.74. The quantitative estimate of drug-likeness (QED) is 0.736. The Labute approximate surface area is 128 Å². The standard InChI is InChI=1S/C15H14Cl2O3/c1-18-12-6-13(19-2)8-14(7-12)20-15-4-3-11(17)5-10(15)9-16/h3-8H,9H2,1-2H3. The molecule has 0 aliphatic rings. The van der Waals surface area contributed by atoms with Gasteiger partial charge in [0, 0.05) is 28.8 Å². The van der Waals surface area contributed by atoms with Crippen LogP contribution in [-0.2, 0) is 5.88 Å². The largest absolute Gasteiger partial charge is 0.496 e. The number of methoxy groups -OCH3 is 2. The minimum Gasteiger partial charge on any atom is -0.496 e. The van der Waals surface area contributed by atoms with Crippen LogP contribution in [0.4, 0.5) is 0 Å². The van der Waals surface area contributed by atoms with Gasteiger partial charge < -0.3 is 14.2 Å². The highest BCUT2D eigenvalue weighted by Gasteiger charge is 2.08. The SMILES string of the molecule is COc1cc(OC)cc(Oc2ccc(Cl)cc2CCl)c1. The van der Waals surface area contributed by atoms with Crippen LogP contribution in [0.3, 0.4) is 0 Å². The summed E-state index contributed by atoms with van der Waals surface area (Å²) >= 11 is 11.8. The van der Waals surface area contributed by atoms with Crippen molar-refractivity contribution in [1.29, 1.82) is 0 Å². The maximum atomic E-state index is 5.94. The number of ether oxygens (including phenoxy) is 3. The number of hydrogen-bond acceptors (Lipinski definition) is 3. The van der Waals surface area contributed by atoms with E-state index < -0.39 is 0 Å². The van der Waals surface area contributed by atoms with Crippen molar-refractivity contribution >= 4 is 23.2 Å². The number of alkyl halides is 1. The molecular weight excluding hydrogens is 299 g/mol. The molecular formula is C15H14Cl2O3. The van der Waals surface area contributed by atoms with Gasteiger partial charge >= 0.3 is 0 Å². The minimum absolute atomic E-state index is 0.316. The van der Waals surface area contributed by atoms with Crippen LogP contribution >= 0.6 is 23.2 Å². The first kappa shape index (κ1) is 14.8. The van der Waals surface area contributed by atoms with Gasteiger partial charge in [0.25, 0.3) is 0 Å². The van der Waals surface area contributed by atoms with Gasteiger partial charge in [0.05, 0.1) is 20.1 Å². The Bertz CT molecular complexity index is 577. The van der Waals surface area contributed by atoms with E-state index in [9.17, 15) is 0 Å². The second-order valence-electron chi connectivity index (χ2n) is 4.04. The lowest BCUT2D eigenvalue weighted by Crippen LogP contribution is -1.92. The number of rotatable bonds is 5. The molecule has 106 valence electrons. The van der Waals surface area contributed by atoms with Crippen molar-refractivity contribution in [3.8, 4) is 23.0 Å². The summed E-state index contributed by atoms with van der Waals surface area (Å²) in [7, 11) is 3.18. The van der Waals surface area contributed by atoms with E-state index in [0.717, 1.165) is 5.56 Å². The highest BCUT2D eigenvalue weighted by Crippen LogP contribution is 2.33. The molecule has 0 bridgehead atoms. The van der Waals surface area contributed by atoms with Crippen molar-refractivity contribution in [2.75, 3.05) is 14.2 Å². The Hall–Kier alpha value is -1.58. The van der Waals surface area contributed by atoms with Crippen molar-refractivity contribution in [1.82, 2.24) is 0 Å². The van der Waals surface area contributed by atoms with Crippen molar-refractivity contribution in [2.24, 2.45) is 0 Å². The van der Waals surface area contributed by atoms with Gasteiger partial charge in [-0.3, -0.25) is 0 Å². The van der Waals surface area contributed by atoms with E-state index >= 15 is 0 Å². The summed E-state index contributed by atoms with van der Waals surface area (Å²) in [6.45, 7) is 0. The summed E-state index contributed by atoms with van der Waals surface area (Å²) < 4.78 is 16.2. The molecule has 0 unspecified atom stereocenters. The van der Waals surface area contributed by atoms with Crippen LogP contribution in [0.1, 0.15) is 5.56 Å². The summed E-state index contributed by atoms with van der Waals surface area (Å²) in [4.78, 5) is 0. The van der Waals surface area contributed by atoms with E-state index in [0.29, 0.717) is 33.9 Å². The van der Waals surface area contributed by atoms with Crippen LogP contribution in [0.15, 0.2) is 36.4 Å². The maximum Gasteiger partial charge on any atom is 0.134 e. The topological polar surface area (TPSA) is 27.7 Å². The Balaban J connectivity index is 2.34. The highest BCUT2D eigenvalue weighted by atomic mass is 35.5. The lowest BCUT2D eigenvalue weighted by Gasteiger charge is -2.12. The smallest absolute Gasteiger partial charge is 0.134 e. The van der Waals surface area contributed by atoms with Gasteiger partial charge in [-0.2, -0.15) is 0 Å². The van der Waals surface area contributed by atoms with Gasteiger partial charge in [0.2, 0.25) is 0 Å². The van der Waals surface area contributed by atoms with E-state index in [1.165, 1.54) is 0 Å². The molecule has 0 aliphatic carbocycles. The molecule has 0 saturated carbocycles. The van der Waals surface area contributed by atoms with Gasteiger partial charge in [0.1, 0.15) is 23.0 Å². The van der Waals surface area contributed by atoms with E-state index in [-0.39, 0.29) is 0 Å². The monoisotopic (exact) mass is 312 g/mol. The molecule has 0 radical (unpaired) electrons. The molecule has 0 heterocycles. The molecule has 0 amide bonds. The summed E-state index contributed by atoms with van der Waals surface area (Å²) in [6.07, 6.45) is 0. The molecule has 0 spiro atoms. The summed E-state index contributed by atoms with van der Waals surface area (Å²) in [6, 6.07) is 10.6. The van der Waals surface area contributed by atoms with Crippen LogP contribution in [0.5, 0.6) is 23.0 Å². The van der Waals surface area contributed by atoms with Crippen LogP contribution in [0.2, 0.25) is 5.02 Å². The minimum atomic E-state index is 0.316. The third-order valence-electron chi connectivity index (χ3n) is 2.72. The summed E-state index contributed by atoms with van der Waals surface area (Å²) in [5, 5.41) is 0.622. The first-order valence-electron chi connectivity index (χ1n) is 5.91. The number of benzene rings is 2. The van der Waals surface area contributed by atoms with E-state index in [2.05, 4.69) is 0 Å². The molecule has 0 fully saturated rings. The molecule has 5 heteroatoms. The average Bonchev–Trinajstić information content (AvgIpc) is 2.48. The predicted molar refractivity (Wildman–Crippen MR) is 80.6 cm³/mol. The van der Waals surface area contributed by atoms with Gasteiger partial charge in [-0.15, -0.1) is 11.6 Å². The fraction of sp³-hybridized carbons (Fsp3) is 0.200. The van der Waals surface area contributed by atoms with Crippen LogP contribution in [0, 0.1) is 0 Å². The molecule has 0 saturated heterocycles. The molecule has 2 aromatic carbocycles. The Morgan fingerprint density at radius 1 is 0.900 bits per heavy atom. The Morgan fingerprint density at radius 3 is 2.05 bits per heavy atom. The van der Waals surface area contributed by atoms with Crippen LogP contribution in [-0.4, -0.2) is 14.2 Å². The first-order chi connectivity index (χ1) is 9.66. The van der Waals surface area contributed by atoms with Gasteiger partial charge in [0.15, 0.2) is 0 Å². The van der Waals surface area contributed by atoms with Crippen LogP contribution < -0.4 is 14.2 Å². The number of hydrogen-bond donors (Lipinski definition) is 0. The van der Waals surface area contributed by atoms with Crippen molar-refractivity contribution in [3.63, 3.8) is 0 Å². The van der Waals surface area contributed by atoms with Crippen molar-refractivity contribution < 1.29 is 14.2 Å². The fourth-order valence-electron chi connectivity index (χ4n) is 1.72. The zero-order valence-corrected chi connectivity index (χ0v) is 12.7. The molecule has 2 aromatic rings. The maximum absolute atomic E-state index is 5.94. The zero-order valence-electron chi connectivity index (χ0n) is 11.2. The summed E-state index contributed by atoms with van der Waals surface area (Å²) in [5.41, 5.74) is 0.820. The van der Waals surface area contributed by atoms with Crippen molar-refractivity contribution in [3.05, 3.63) is 47.0 Å². The molecule has 0 atom stereocenters. The van der Waals surface area contributed by atoms with Gasteiger partial charge in [-0.05, 0) is 18.2 Å². The molecule has 0 N–H and O–H groups in total. The molecule has 0 aliphatic heterocycles. The molecule has 2 rings (SSSR count). The number of halogens is 2. The first-order valence-corrected chi connectivity index (χ1v) is 6.83. The predicted octanol–water partition coefficient (Wildman–Crippen LogP) is 4.89. The van der Waals surface area contributed by atoms with E-state index in [1.807, 2.05) is 0 Å². The molecule has 20 heavy (non-hydrogen) atoms. The third kappa shape index (κ3) is 3.50.